The van der Waals surface area contributed by atoms with Gasteiger partial charge in [-0.05, 0) is 41.9 Å². The monoisotopic (exact) mass is 181 g/mol. The van der Waals surface area contributed by atoms with E-state index in [0.717, 1.165) is 11.8 Å². The summed E-state index contributed by atoms with van der Waals surface area (Å²) < 4.78 is 0. The number of hydrogen-bond donors (Lipinski definition) is 1. The number of fused-ring (bicyclic) bond motifs is 2. The molecule has 2 fully saturated rings. The van der Waals surface area contributed by atoms with E-state index in [-0.39, 0.29) is 0 Å². The van der Waals surface area contributed by atoms with Crippen molar-refractivity contribution < 1.29 is 0 Å². The lowest BCUT2D eigenvalue weighted by molar-refractivity contribution is 0.0207. The van der Waals surface area contributed by atoms with Crippen molar-refractivity contribution in [3.63, 3.8) is 0 Å². The lowest BCUT2D eigenvalue weighted by atomic mass is 9.57. The Morgan fingerprint density at radius 3 is 2.15 bits per heavy atom. The molecule has 0 saturated heterocycles. The number of nitrogens with two attached hydrogens (primary N) is 1. The molecule has 2 bridgehead atoms. The van der Waals surface area contributed by atoms with E-state index in [1.165, 1.54) is 19.3 Å². The van der Waals surface area contributed by atoms with Crippen LogP contribution in [0.1, 0.15) is 47.0 Å². The first-order valence-corrected chi connectivity index (χ1v) is 5.63. The molecule has 0 aromatic carbocycles. The molecule has 1 nitrogen and oxygen atoms in total. The van der Waals surface area contributed by atoms with Gasteiger partial charge >= 0.3 is 0 Å². The van der Waals surface area contributed by atoms with Crippen molar-refractivity contribution in [2.24, 2.45) is 28.4 Å². The molecule has 2 aliphatic rings. The van der Waals surface area contributed by atoms with Gasteiger partial charge in [0.1, 0.15) is 0 Å². The van der Waals surface area contributed by atoms with Gasteiger partial charge in [0.25, 0.3) is 0 Å². The molecular weight excluding hydrogens is 158 g/mol. The van der Waals surface area contributed by atoms with E-state index in [0.29, 0.717) is 16.9 Å². The van der Waals surface area contributed by atoms with Gasteiger partial charge < -0.3 is 5.73 Å². The fourth-order valence-electron chi connectivity index (χ4n) is 3.76. The van der Waals surface area contributed by atoms with Crippen LogP contribution in [0.25, 0.3) is 0 Å². The third kappa shape index (κ3) is 1.03. The smallest absolute Gasteiger partial charge is 0.0129 e. The van der Waals surface area contributed by atoms with Crippen molar-refractivity contribution >= 4 is 0 Å². The zero-order valence-corrected chi connectivity index (χ0v) is 9.43. The molecule has 0 heterocycles. The Bertz CT molecular complexity index is 212. The highest BCUT2D eigenvalue weighted by Crippen LogP contribution is 2.61. The van der Waals surface area contributed by atoms with Crippen LogP contribution in [0.3, 0.4) is 0 Å². The average molecular weight is 181 g/mol. The Labute approximate surface area is 82.1 Å². The van der Waals surface area contributed by atoms with E-state index in [2.05, 4.69) is 27.7 Å². The van der Waals surface area contributed by atoms with E-state index in [1.807, 2.05) is 0 Å². The summed E-state index contributed by atoms with van der Waals surface area (Å²) in [5.74, 6) is 1.72. The second kappa shape index (κ2) is 2.50. The Morgan fingerprint density at radius 2 is 1.85 bits per heavy atom. The van der Waals surface area contributed by atoms with Crippen LogP contribution in [0.2, 0.25) is 0 Å². The highest BCUT2D eigenvalue weighted by Gasteiger charge is 2.58. The first-order valence-electron chi connectivity index (χ1n) is 5.63. The topological polar surface area (TPSA) is 26.0 Å². The molecule has 2 aliphatic carbocycles. The van der Waals surface area contributed by atoms with Crippen LogP contribution in [0.15, 0.2) is 0 Å². The Kier molecular flexibility index (Phi) is 1.83. The first kappa shape index (κ1) is 9.51. The SMILES string of the molecule is CC(C)(C)C1(C)[C@H]2CC[C@H](C2)[C@H]1N. The predicted octanol–water partition coefficient (Wildman–Crippen LogP) is 2.80. The molecule has 0 amide bonds. The molecule has 76 valence electrons. The van der Waals surface area contributed by atoms with Gasteiger partial charge in [-0.2, -0.15) is 0 Å². The molecule has 0 radical (unpaired) electrons. The molecule has 13 heavy (non-hydrogen) atoms. The molecule has 0 aliphatic heterocycles. The molecule has 4 atom stereocenters. The summed E-state index contributed by atoms with van der Waals surface area (Å²) in [6.45, 7) is 9.48. The van der Waals surface area contributed by atoms with Gasteiger partial charge in [0.15, 0.2) is 0 Å². The second-order valence-corrected chi connectivity index (χ2v) is 6.33. The summed E-state index contributed by atoms with van der Waals surface area (Å²) in [7, 11) is 0. The van der Waals surface area contributed by atoms with Crippen molar-refractivity contribution in [3.05, 3.63) is 0 Å². The summed E-state index contributed by atoms with van der Waals surface area (Å²) in [6, 6.07) is 0.450. The van der Waals surface area contributed by atoms with Gasteiger partial charge in [-0.3, -0.25) is 0 Å². The van der Waals surface area contributed by atoms with Gasteiger partial charge in [-0.1, -0.05) is 27.7 Å². The van der Waals surface area contributed by atoms with E-state index in [9.17, 15) is 0 Å². The van der Waals surface area contributed by atoms with Crippen LogP contribution in [0.5, 0.6) is 0 Å². The van der Waals surface area contributed by atoms with E-state index in [4.69, 9.17) is 5.73 Å². The van der Waals surface area contributed by atoms with Crippen molar-refractivity contribution in [2.75, 3.05) is 0 Å². The normalized spacial score (nSPS) is 50.1. The van der Waals surface area contributed by atoms with Crippen LogP contribution < -0.4 is 5.73 Å². The van der Waals surface area contributed by atoms with Crippen molar-refractivity contribution in [1.29, 1.82) is 0 Å². The third-order valence-electron chi connectivity index (χ3n) is 5.14. The highest BCUT2D eigenvalue weighted by molar-refractivity contribution is 5.10. The minimum Gasteiger partial charge on any atom is -0.327 e. The van der Waals surface area contributed by atoms with Crippen molar-refractivity contribution in [2.45, 2.75) is 53.0 Å². The summed E-state index contributed by atoms with van der Waals surface area (Å²) in [4.78, 5) is 0. The third-order valence-corrected chi connectivity index (χ3v) is 5.14. The summed E-state index contributed by atoms with van der Waals surface area (Å²) in [5.41, 5.74) is 7.14. The maximum Gasteiger partial charge on any atom is 0.0129 e. The molecule has 2 rings (SSSR count). The van der Waals surface area contributed by atoms with Crippen molar-refractivity contribution in [1.82, 2.24) is 0 Å². The van der Waals surface area contributed by atoms with Crippen molar-refractivity contribution in [3.8, 4) is 0 Å². The van der Waals surface area contributed by atoms with Crippen LogP contribution in [-0.2, 0) is 0 Å². The summed E-state index contributed by atoms with van der Waals surface area (Å²) in [5, 5.41) is 0. The lowest BCUT2D eigenvalue weighted by Gasteiger charge is -2.49. The van der Waals surface area contributed by atoms with Crippen LogP contribution in [0.4, 0.5) is 0 Å². The predicted molar refractivity (Wildman–Crippen MR) is 56.4 cm³/mol. The number of rotatable bonds is 0. The van der Waals surface area contributed by atoms with Gasteiger partial charge in [-0.15, -0.1) is 0 Å². The van der Waals surface area contributed by atoms with Crippen LogP contribution in [0, 0.1) is 22.7 Å². The van der Waals surface area contributed by atoms with E-state index < -0.39 is 0 Å². The second-order valence-electron chi connectivity index (χ2n) is 6.33. The molecule has 0 aromatic rings. The number of hydrogen-bond acceptors (Lipinski definition) is 1. The zero-order chi connectivity index (χ0) is 9.85. The molecule has 0 aromatic heterocycles. The maximum atomic E-state index is 6.38. The molecular formula is C12H23N. The van der Waals surface area contributed by atoms with Crippen LogP contribution in [-0.4, -0.2) is 6.04 Å². The molecule has 1 heteroatoms. The standard InChI is InChI=1S/C12H23N/c1-11(2,3)12(4)9-6-5-8(7-9)10(12)13/h8-10H,5-7,13H2,1-4H3/t8-,9+,10-,12?/m1/s1. The summed E-state index contributed by atoms with van der Waals surface area (Å²) >= 11 is 0. The van der Waals surface area contributed by atoms with Gasteiger partial charge in [0.05, 0.1) is 0 Å². The summed E-state index contributed by atoms with van der Waals surface area (Å²) in [6.07, 6.45) is 4.21. The largest absolute Gasteiger partial charge is 0.327 e. The maximum absolute atomic E-state index is 6.38. The molecule has 2 saturated carbocycles. The Morgan fingerprint density at radius 1 is 1.23 bits per heavy atom. The molecule has 1 unspecified atom stereocenters. The van der Waals surface area contributed by atoms with Gasteiger partial charge in [0, 0.05) is 6.04 Å². The quantitative estimate of drug-likeness (QED) is 0.611. The highest BCUT2D eigenvalue weighted by atomic mass is 14.8. The minimum absolute atomic E-state index is 0.367. The fraction of sp³-hybridized carbons (Fsp3) is 1.00. The minimum atomic E-state index is 0.367. The molecule has 2 N–H and O–H groups in total. The Balaban J connectivity index is 2.33. The van der Waals surface area contributed by atoms with Crippen LogP contribution >= 0.6 is 0 Å². The van der Waals surface area contributed by atoms with Gasteiger partial charge in [-0.25, -0.2) is 0 Å². The zero-order valence-electron chi connectivity index (χ0n) is 9.43. The van der Waals surface area contributed by atoms with E-state index >= 15 is 0 Å². The fourth-order valence-corrected chi connectivity index (χ4v) is 3.76. The van der Waals surface area contributed by atoms with E-state index in [1.54, 1.807) is 0 Å². The average Bonchev–Trinajstić information content (AvgIpc) is 2.53. The first-order chi connectivity index (χ1) is 5.87. The molecule has 0 spiro atoms. The lowest BCUT2D eigenvalue weighted by Crippen LogP contribution is -2.51. The Hall–Kier alpha value is -0.0400. The van der Waals surface area contributed by atoms with Gasteiger partial charge in [0.2, 0.25) is 0 Å².